The second-order valence-corrected chi connectivity index (χ2v) is 11.9. The van der Waals surface area contributed by atoms with Gasteiger partial charge in [-0.1, -0.05) is 17.7 Å². The van der Waals surface area contributed by atoms with Gasteiger partial charge in [0.25, 0.3) is 5.88 Å². The fourth-order valence-corrected chi connectivity index (χ4v) is 5.83. The Labute approximate surface area is 269 Å². The van der Waals surface area contributed by atoms with E-state index in [0.29, 0.717) is 49.6 Å². The predicted octanol–water partition coefficient (Wildman–Crippen LogP) is 5.70. The molecular weight excluding hydrogens is 649 g/mol. The number of H-pyrrole nitrogens is 1. The molecule has 0 amide bonds. The highest BCUT2D eigenvalue weighted by Gasteiger charge is 2.36. The van der Waals surface area contributed by atoms with Crippen LogP contribution < -0.4 is 4.74 Å². The monoisotopic (exact) mass is 675 g/mol. The van der Waals surface area contributed by atoms with Crippen LogP contribution in [0.1, 0.15) is 48.1 Å². The number of hydrogen-bond donors (Lipinski definition) is 1. The van der Waals surface area contributed by atoms with Gasteiger partial charge in [0.15, 0.2) is 11.5 Å². The van der Waals surface area contributed by atoms with Gasteiger partial charge in [0.2, 0.25) is 11.6 Å². The van der Waals surface area contributed by atoms with Crippen molar-refractivity contribution in [3.8, 4) is 17.4 Å². The van der Waals surface area contributed by atoms with E-state index in [1.165, 1.54) is 30.3 Å². The van der Waals surface area contributed by atoms with Crippen molar-refractivity contribution in [3.05, 3.63) is 76.0 Å². The molecule has 246 valence electrons. The highest BCUT2D eigenvalue weighted by Crippen LogP contribution is 2.31. The number of pyridine rings is 1. The summed E-state index contributed by atoms with van der Waals surface area (Å²) in [5.41, 5.74) is 1.94. The molecule has 0 spiro atoms. The van der Waals surface area contributed by atoms with Gasteiger partial charge in [-0.05, 0) is 62.7 Å². The van der Waals surface area contributed by atoms with Gasteiger partial charge < -0.3 is 14.0 Å². The predicted molar refractivity (Wildman–Crippen MR) is 157 cm³/mol. The van der Waals surface area contributed by atoms with E-state index >= 15 is 0 Å². The molecule has 0 radical (unpaired) electrons. The van der Waals surface area contributed by atoms with Gasteiger partial charge in [-0.25, -0.2) is 23.7 Å². The Morgan fingerprint density at radius 1 is 0.979 bits per heavy atom. The molecule has 11 nitrogen and oxygen atoms in total. The molecule has 0 aliphatic carbocycles. The Hall–Kier alpha value is -4.28. The van der Waals surface area contributed by atoms with Crippen molar-refractivity contribution < 1.29 is 31.4 Å². The maximum Gasteiger partial charge on any atom is 0.451 e. The molecule has 47 heavy (non-hydrogen) atoms. The number of piperidine rings is 1. The number of aromatic nitrogens is 8. The Morgan fingerprint density at radius 2 is 1.79 bits per heavy atom. The van der Waals surface area contributed by atoms with Gasteiger partial charge in [0, 0.05) is 28.8 Å². The van der Waals surface area contributed by atoms with Crippen LogP contribution in [0.3, 0.4) is 0 Å². The zero-order valence-electron chi connectivity index (χ0n) is 24.6. The van der Waals surface area contributed by atoms with Crippen LogP contribution in [-0.4, -0.2) is 70.6 Å². The van der Waals surface area contributed by atoms with Crippen molar-refractivity contribution in [2.45, 2.75) is 57.2 Å². The van der Waals surface area contributed by atoms with Crippen molar-refractivity contribution in [3.63, 3.8) is 0 Å². The fourth-order valence-electron chi connectivity index (χ4n) is 5.67. The minimum absolute atomic E-state index is 0.00198. The molecule has 7 rings (SSSR count). The molecule has 2 aliphatic rings. The fraction of sp³-hybridized carbons (Fsp3) is 0.400. The van der Waals surface area contributed by atoms with Crippen molar-refractivity contribution >= 4 is 22.8 Å². The van der Waals surface area contributed by atoms with Crippen LogP contribution in [0, 0.1) is 11.6 Å². The van der Waals surface area contributed by atoms with Crippen LogP contribution >= 0.6 is 11.6 Å². The Kier molecular flexibility index (Phi) is 8.48. The highest BCUT2D eigenvalue weighted by molar-refractivity contribution is 6.30. The molecule has 0 bridgehead atoms. The number of benzene rings is 1. The van der Waals surface area contributed by atoms with E-state index in [1.54, 1.807) is 6.07 Å². The molecule has 2 saturated heterocycles. The Bertz CT molecular complexity index is 1900. The number of nitrogens with one attached hydrogen (secondary N) is 1. The number of alkyl halides is 3. The lowest BCUT2D eigenvalue weighted by Gasteiger charge is -2.32. The first-order valence-electron chi connectivity index (χ1n) is 14.9. The standard InChI is InChI=1S/C30H27ClF5N9O2/c31-18-2-1-17(21(33)11-18)15-47-28-20(32)3-4-22(38-28)16-5-8-44(9-6-16)14-25-37-24-12-23(26-39-29(43-41-26)30(34,35)36)40-42-27(24)45(25)13-19-7-10-46-19/h1-4,11-12,16,19H,5-10,13-15H2,(H,39,41,43)/t19-/m0/s1. The normalized spacial score (nSPS) is 17.7. The largest absolute Gasteiger partial charge is 0.471 e. The van der Waals surface area contributed by atoms with Gasteiger partial charge >= 0.3 is 6.18 Å². The maximum absolute atomic E-state index is 14.5. The third-order valence-corrected chi connectivity index (χ3v) is 8.56. The lowest BCUT2D eigenvalue weighted by molar-refractivity contribution is -0.144. The number of aromatic amines is 1. The summed E-state index contributed by atoms with van der Waals surface area (Å²) in [5, 5.41) is 14.2. The molecule has 0 unspecified atom stereocenters. The van der Waals surface area contributed by atoms with Gasteiger partial charge in [-0.3, -0.25) is 10.00 Å². The second kappa shape index (κ2) is 12.7. The Morgan fingerprint density at radius 3 is 2.49 bits per heavy atom. The lowest BCUT2D eigenvalue weighted by Crippen LogP contribution is -2.35. The van der Waals surface area contributed by atoms with Gasteiger partial charge in [0.05, 0.1) is 19.2 Å². The van der Waals surface area contributed by atoms with Gasteiger partial charge in [-0.15, -0.1) is 10.2 Å². The van der Waals surface area contributed by atoms with Crippen molar-refractivity contribution in [1.29, 1.82) is 0 Å². The minimum atomic E-state index is -4.67. The number of hydrogen-bond acceptors (Lipinski definition) is 9. The number of likely N-dealkylation sites (tertiary alicyclic amines) is 1. The molecule has 6 heterocycles. The molecule has 2 fully saturated rings. The molecule has 1 N–H and O–H groups in total. The molecule has 1 atom stereocenters. The molecule has 4 aromatic heterocycles. The Balaban J connectivity index is 1.04. The number of rotatable bonds is 9. The summed E-state index contributed by atoms with van der Waals surface area (Å²) in [5.74, 6) is -2.05. The van der Waals surface area contributed by atoms with E-state index in [1.807, 2.05) is 9.67 Å². The van der Waals surface area contributed by atoms with Crippen molar-refractivity contribution in [2.75, 3.05) is 19.7 Å². The summed E-state index contributed by atoms with van der Waals surface area (Å²) < 4.78 is 80.9. The van der Waals surface area contributed by atoms with Crippen LogP contribution in [-0.2, 0) is 30.6 Å². The summed E-state index contributed by atoms with van der Waals surface area (Å²) in [6.07, 6.45) is -2.30. The number of halogens is 6. The van der Waals surface area contributed by atoms with E-state index in [9.17, 15) is 22.0 Å². The van der Waals surface area contributed by atoms with Gasteiger partial charge in [0.1, 0.15) is 29.5 Å². The SMILES string of the molecule is Fc1cc(Cl)ccc1COc1nc(C2CCN(Cc3nc4cc(-c5n[nH]c(C(F)(F)F)n5)nnc4n3C[C@@H]3CCO3)CC2)ccc1F. The summed E-state index contributed by atoms with van der Waals surface area (Å²) >= 11 is 5.81. The molecule has 0 saturated carbocycles. The zero-order valence-corrected chi connectivity index (χ0v) is 25.4. The molecular formula is C30H27ClF5N9O2. The topological polar surface area (TPSA) is 120 Å². The second-order valence-electron chi connectivity index (χ2n) is 11.5. The minimum Gasteiger partial charge on any atom is -0.471 e. The molecule has 1 aromatic carbocycles. The van der Waals surface area contributed by atoms with Crippen molar-refractivity contribution in [2.24, 2.45) is 0 Å². The van der Waals surface area contributed by atoms with Crippen LogP contribution in [0.5, 0.6) is 5.88 Å². The van der Waals surface area contributed by atoms with Crippen LogP contribution in [0.2, 0.25) is 5.02 Å². The first-order chi connectivity index (χ1) is 22.6. The molecule has 2 aliphatic heterocycles. The van der Waals surface area contributed by atoms with E-state index < -0.39 is 23.6 Å². The summed E-state index contributed by atoms with van der Waals surface area (Å²) in [6.45, 7) is 2.88. The van der Waals surface area contributed by atoms with Crippen LogP contribution in [0.15, 0.2) is 36.4 Å². The maximum atomic E-state index is 14.5. The summed E-state index contributed by atoms with van der Waals surface area (Å²) in [7, 11) is 0. The third kappa shape index (κ3) is 6.75. The average molecular weight is 676 g/mol. The van der Waals surface area contributed by atoms with E-state index in [4.69, 9.17) is 26.1 Å². The first-order valence-corrected chi connectivity index (χ1v) is 15.3. The van der Waals surface area contributed by atoms with E-state index in [2.05, 4.69) is 30.2 Å². The number of nitrogens with zero attached hydrogens (tertiary/aromatic N) is 8. The number of imidazole rings is 1. The van der Waals surface area contributed by atoms with Crippen LogP contribution in [0.4, 0.5) is 22.0 Å². The summed E-state index contributed by atoms with van der Waals surface area (Å²) in [6, 6.07) is 8.67. The average Bonchev–Trinajstić information content (AvgIpc) is 3.65. The van der Waals surface area contributed by atoms with Crippen molar-refractivity contribution in [1.82, 2.24) is 44.8 Å². The quantitative estimate of drug-likeness (QED) is 0.196. The van der Waals surface area contributed by atoms with Gasteiger partial charge in [-0.2, -0.15) is 18.3 Å². The number of ether oxygens (including phenoxy) is 2. The lowest BCUT2D eigenvalue weighted by atomic mass is 9.93. The molecule has 5 aromatic rings. The van der Waals surface area contributed by atoms with E-state index in [0.717, 1.165) is 25.1 Å². The third-order valence-electron chi connectivity index (χ3n) is 8.32. The highest BCUT2D eigenvalue weighted by atomic mass is 35.5. The zero-order chi connectivity index (χ0) is 32.7. The molecule has 17 heteroatoms. The van der Waals surface area contributed by atoms with Crippen LogP contribution in [0.25, 0.3) is 22.7 Å². The number of fused-ring (bicyclic) bond motifs is 1. The first kappa shape index (κ1) is 31.3. The van der Waals surface area contributed by atoms with E-state index in [-0.39, 0.29) is 46.6 Å². The summed E-state index contributed by atoms with van der Waals surface area (Å²) in [4.78, 5) is 15.0. The smallest absolute Gasteiger partial charge is 0.451 e.